The van der Waals surface area contributed by atoms with Gasteiger partial charge in [0.15, 0.2) is 0 Å². The van der Waals surface area contributed by atoms with E-state index in [2.05, 4.69) is 158 Å². The lowest BCUT2D eigenvalue weighted by molar-refractivity contribution is 1.42. The van der Waals surface area contributed by atoms with Gasteiger partial charge in [-0.2, -0.15) is 0 Å². The van der Waals surface area contributed by atoms with Crippen LogP contribution in [0.2, 0.25) is 0 Å². The van der Waals surface area contributed by atoms with Crippen molar-refractivity contribution in [2.45, 2.75) is 0 Å². The van der Waals surface area contributed by atoms with Crippen LogP contribution < -0.4 is 0 Å². The molecule has 220 valence electrons. The average Bonchev–Trinajstić information content (AvgIpc) is 3.67. The fourth-order valence-corrected chi connectivity index (χ4v) is 8.78. The highest BCUT2D eigenvalue weighted by Crippen LogP contribution is 2.59. The van der Waals surface area contributed by atoms with E-state index in [1.807, 2.05) is 6.20 Å². The highest BCUT2D eigenvalue weighted by Gasteiger charge is 2.32. The van der Waals surface area contributed by atoms with Crippen molar-refractivity contribution >= 4 is 32.4 Å². The predicted octanol–water partition coefficient (Wildman–Crippen LogP) is 12.8. The third-order valence-corrected chi connectivity index (χ3v) is 10.6. The molecule has 8 aromatic carbocycles. The van der Waals surface area contributed by atoms with Crippen molar-refractivity contribution in [2.75, 3.05) is 0 Å². The fraction of sp³-hybridized carbons (Fsp3) is 0. The van der Waals surface area contributed by atoms with E-state index in [-0.39, 0.29) is 0 Å². The average molecular weight is 606 g/mol. The molecular weight excluding hydrogens is 579 g/mol. The van der Waals surface area contributed by atoms with Gasteiger partial charge < -0.3 is 0 Å². The van der Waals surface area contributed by atoms with Crippen LogP contribution >= 0.6 is 0 Å². The zero-order valence-electron chi connectivity index (χ0n) is 26.0. The smallest absolute Gasteiger partial charge is 0.0714 e. The van der Waals surface area contributed by atoms with Crippen LogP contribution in [0.25, 0.3) is 110 Å². The molecular formula is C47H27N. The SMILES string of the molecule is c1ccc(-c2c3c(c(-c4ccccc4)c4ccccc24)-c2ccc(-c4cccc5c4-c4cccc6nccc-5c46)c4cccc-3c24)cc1. The molecule has 2 aliphatic rings. The van der Waals surface area contributed by atoms with Crippen LogP contribution in [0.1, 0.15) is 0 Å². The molecule has 1 nitrogen and oxygen atoms in total. The molecule has 2 aliphatic carbocycles. The van der Waals surface area contributed by atoms with E-state index in [0.29, 0.717) is 0 Å². The van der Waals surface area contributed by atoms with Crippen molar-refractivity contribution in [3.63, 3.8) is 0 Å². The van der Waals surface area contributed by atoms with Crippen molar-refractivity contribution in [1.29, 1.82) is 0 Å². The standard InChI is InChI=1S/C47H27N/c1-3-12-28(13-4-1)41-33-16-7-8-17-34(33)42(29-14-5-2-6-15-29)47-39-25-24-30(32-19-10-21-38(44(32)39)46(41)47)31-18-9-20-35-36-26-27-48-40-23-11-22-37(43(31)35)45(36)40/h1-27H. The van der Waals surface area contributed by atoms with Gasteiger partial charge in [0.2, 0.25) is 0 Å². The lowest BCUT2D eigenvalue weighted by Crippen LogP contribution is -1.93. The minimum atomic E-state index is 1.05. The molecule has 0 atom stereocenters. The minimum Gasteiger partial charge on any atom is -0.256 e. The highest BCUT2D eigenvalue weighted by atomic mass is 14.6. The summed E-state index contributed by atoms with van der Waals surface area (Å²) in [6, 6.07) is 58.1. The predicted molar refractivity (Wildman–Crippen MR) is 202 cm³/mol. The molecule has 1 aromatic heterocycles. The summed E-state index contributed by atoms with van der Waals surface area (Å²) in [7, 11) is 0. The van der Waals surface area contributed by atoms with Crippen LogP contribution in [-0.2, 0) is 0 Å². The van der Waals surface area contributed by atoms with E-state index in [9.17, 15) is 0 Å². The molecule has 0 unspecified atom stereocenters. The number of pyridine rings is 1. The topological polar surface area (TPSA) is 12.9 Å². The quantitative estimate of drug-likeness (QED) is 0.195. The maximum absolute atomic E-state index is 4.72. The first-order chi connectivity index (χ1) is 23.9. The van der Waals surface area contributed by atoms with Gasteiger partial charge in [-0.1, -0.05) is 146 Å². The van der Waals surface area contributed by atoms with Crippen molar-refractivity contribution in [2.24, 2.45) is 0 Å². The van der Waals surface area contributed by atoms with E-state index in [4.69, 9.17) is 4.98 Å². The van der Waals surface area contributed by atoms with Crippen molar-refractivity contribution in [1.82, 2.24) is 4.98 Å². The lowest BCUT2D eigenvalue weighted by Gasteiger charge is -2.20. The van der Waals surface area contributed by atoms with Gasteiger partial charge in [0.05, 0.1) is 5.52 Å². The van der Waals surface area contributed by atoms with Gasteiger partial charge in [-0.15, -0.1) is 0 Å². The zero-order chi connectivity index (χ0) is 31.3. The minimum absolute atomic E-state index is 1.05. The normalized spacial score (nSPS) is 12.2. The van der Waals surface area contributed by atoms with E-state index in [1.54, 1.807) is 0 Å². The second-order valence-electron chi connectivity index (χ2n) is 13.0. The van der Waals surface area contributed by atoms with Crippen molar-refractivity contribution < 1.29 is 0 Å². The Morgan fingerprint density at radius 2 is 0.771 bits per heavy atom. The molecule has 0 amide bonds. The molecule has 1 heterocycles. The molecule has 0 spiro atoms. The maximum atomic E-state index is 4.72. The van der Waals surface area contributed by atoms with Gasteiger partial charge in [-0.05, 0) is 112 Å². The molecule has 0 radical (unpaired) electrons. The number of hydrogen-bond donors (Lipinski definition) is 0. The second kappa shape index (κ2) is 9.61. The Hall–Kier alpha value is -6.31. The molecule has 0 saturated carbocycles. The summed E-state index contributed by atoms with van der Waals surface area (Å²) >= 11 is 0. The molecule has 0 saturated heterocycles. The largest absolute Gasteiger partial charge is 0.256 e. The summed E-state index contributed by atoms with van der Waals surface area (Å²) in [5, 5.41) is 6.45. The molecule has 0 fully saturated rings. The zero-order valence-corrected chi connectivity index (χ0v) is 26.0. The van der Waals surface area contributed by atoms with Crippen molar-refractivity contribution in [3.05, 3.63) is 164 Å². The van der Waals surface area contributed by atoms with Crippen LogP contribution in [0.4, 0.5) is 0 Å². The van der Waals surface area contributed by atoms with Crippen molar-refractivity contribution in [3.8, 4) is 77.9 Å². The van der Waals surface area contributed by atoms with Crippen LogP contribution in [0.15, 0.2) is 164 Å². The first kappa shape index (κ1) is 25.8. The Kier molecular flexibility index (Phi) is 5.17. The molecule has 0 bridgehead atoms. The van der Waals surface area contributed by atoms with Gasteiger partial charge in [0.25, 0.3) is 0 Å². The molecule has 9 aromatic rings. The molecule has 1 heteroatoms. The van der Waals surface area contributed by atoms with Gasteiger partial charge in [0.1, 0.15) is 0 Å². The number of benzene rings is 8. The first-order valence-electron chi connectivity index (χ1n) is 16.6. The van der Waals surface area contributed by atoms with Crippen LogP contribution in [0, 0.1) is 0 Å². The first-order valence-corrected chi connectivity index (χ1v) is 16.6. The summed E-state index contributed by atoms with van der Waals surface area (Å²) in [4.78, 5) is 4.72. The van der Waals surface area contributed by atoms with Crippen LogP contribution in [-0.4, -0.2) is 4.98 Å². The summed E-state index contributed by atoms with van der Waals surface area (Å²) in [5.41, 5.74) is 19.1. The Bertz CT molecular complexity index is 2710. The number of hydrogen-bond acceptors (Lipinski definition) is 1. The number of nitrogens with zero attached hydrogens (tertiary/aromatic N) is 1. The fourth-order valence-electron chi connectivity index (χ4n) is 8.78. The van der Waals surface area contributed by atoms with E-state index >= 15 is 0 Å². The highest BCUT2D eigenvalue weighted by molar-refractivity contribution is 6.29. The van der Waals surface area contributed by atoms with Crippen LogP contribution in [0.3, 0.4) is 0 Å². The summed E-state index contributed by atoms with van der Waals surface area (Å²) in [6.45, 7) is 0. The molecule has 0 aliphatic heterocycles. The van der Waals surface area contributed by atoms with Crippen LogP contribution in [0.5, 0.6) is 0 Å². The maximum Gasteiger partial charge on any atom is 0.0714 e. The third-order valence-electron chi connectivity index (χ3n) is 10.6. The molecule has 0 N–H and O–H groups in total. The third kappa shape index (κ3) is 3.32. The lowest BCUT2D eigenvalue weighted by atomic mass is 9.82. The Morgan fingerprint density at radius 1 is 0.271 bits per heavy atom. The van der Waals surface area contributed by atoms with Gasteiger partial charge in [-0.3, -0.25) is 4.98 Å². The Labute approximate surface area is 278 Å². The summed E-state index contributed by atoms with van der Waals surface area (Å²) < 4.78 is 0. The number of fused-ring (bicyclic) bond motifs is 7. The van der Waals surface area contributed by atoms with E-state index < -0.39 is 0 Å². The van der Waals surface area contributed by atoms with Gasteiger partial charge >= 0.3 is 0 Å². The van der Waals surface area contributed by atoms with E-state index in [0.717, 1.165) is 5.52 Å². The van der Waals surface area contributed by atoms with Gasteiger partial charge in [-0.25, -0.2) is 0 Å². The summed E-state index contributed by atoms with van der Waals surface area (Å²) in [5.74, 6) is 0. The number of aromatic nitrogens is 1. The Balaban J connectivity index is 1.27. The molecule has 48 heavy (non-hydrogen) atoms. The molecule has 11 rings (SSSR count). The van der Waals surface area contributed by atoms with Gasteiger partial charge in [0, 0.05) is 11.6 Å². The summed E-state index contributed by atoms with van der Waals surface area (Å²) in [6.07, 6.45) is 1.94. The van der Waals surface area contributed by atoms with E-state index in [1.165, 1.54) is 105 Å². The number of rotatable bonds is 3. The Morgan fingerprint density at radius 3 is 1.46 bits per heavy atom. The monoisotopic (exact) mass is 605 g/mol. The second-order valence-corrected chi connectivity index (χ2v) is 13.0.